The molecule has 0 bridgehead atoms. The number of carbonyl (C=O) groups is 1. The Bertz CT molecular complexity index is 491. The molecule has 108 valence electrons. The van der Waals surface area contributed by atoms with Crippen molar-refractivity contribution in [2.75, 3.05) is 27.9 Å². The molecule has 0 spiro atoms. The summed E-state index contributed by atoms with van der Waals surface area (Å²) in [5.74, 6) is -0.204. The van der Waals surface area contributed by atoms with Gasteiger partial charge in [0.2, 0.25) is 0 Å². The van der Waals surface area contributed by atoms with E-state index in [1.54, 1.807) is 7.11 Å². The summed E-state index contributed by atoms with van der Waals surface area (Å²) in [7, 11) is 4.48. The maximum atomic E-state index is 12.0. The van der Waals surface area contributed by atoms with E-state index in [1.807, 2.05) is 30.3 Å². The molecule has 0 aliphatic carbocycles. The fourth-order valence-corrected chi connectivity index (χ4v) is 2.25. The van der Waals surface area contributed by atoms with Crippen LogP contribution in [0.5, 0.6) is 5.75 Å². The van der Waals surface area contributed by atoms with Gasteiger partial charge >= 0.3 is 5.97 Å². The predicted molar refractivity (Wildman–Crippen MR) is 73.2 cm³/mol. The molecule has 2 rings (SSSR count). The number of carbonyl (C=O) groups excluding carboxylic acids is 1. The second kappa shape index (κ2) is 6.54. The molecule has 5 heteroatoms. The van der Waals surface area contributed by atoms with Crippen LogP contribution in [0.3, 0.4) is 0 Å². The Hall–Kier alpha value is -1.85. The fourth-order valence-electron chi connectivity index (χ4n) is 2.25. The summed E-state index contributed by atoms with van der Waals surface area (Å²) in [6.45, 7) is 0.396. The van der Waals surface area contributed by atoms with Crippen LogP contribution in [-0.2, 0) is 19.0 Å². The zero-order chi connectivity index (χ0) is 14.5. The molecular formula is C15H18O5. The van der Waals surface area contributed by atoms with Gasteiger partial charge in [-0.25, -0.2) is 0 Å². The maximum absolute atomic E-state index is 12.0. The summed E-state index contributed by atoms with van der Waals surface area (Å²) in [5.41, 5.74) is 1.77. The van der Waals surface area contributed by atoms with E-state index in [2.05, 4.69) is 0 Å². The average molecular weight is 278 g/mol. The third kappa shape index (κ3) is 2.84. The van der Waals surface area contributed by atoms with Gasteiger partial charge in [-0.3, -0.25) is 4.79 Å². The van der Waals surface area contributed by atoms with Crippen molar-refractivity contribution in [1.29, 1.82) is 0 Å². The van der Waals surface area contributed by atoms with E-state index in [1.165, 1.54) is 14.2 Å². The van der Waals surface area contributed by atoms with Crippen molar-refractivity contribution >= 4 is 11.5 Å². The van der Waals surface area contributed by atoms with E-state index in [0.29, 0.717) is 6.61 Å². The smallest absolute Gasteiger partial charge is 0.318 e. The van der Waals surface area contributed by atoms with Gasteiger partial charge in [0.1, 0.15) is 11.7 Å². The van der Waals surface area contributed by atoms with Crippen molar-refractivity contribution in [3.05, 3.63) is 35.9 Å². The number of methoxy groups -OCH3 is 3. The van der Waals surface area contributed by atoms with Crippen molar-refractivity contribution < 1.29 is 23.7 Å². The topological polar surface area (TPSA) is 54.0 Å². The normalized spacial score (nSPS) is 22.1. The van der Waals surface area contributed by atoms with Gasteiger partial charge in [-0.1, -0.05) is 18.2 Å². The van der Waals surface area contributed by atoms with Gasteiger partial charge in [-0.15, -0.1) is 0 Å². The van der Waals surface area contributed by atoms with Gasteiger partial charge in [0.05, 0.1) is 20.8 Å². The van der Waals surface area contributed by atoms with Gasteiger partial charge in [0, 0.05) is 7.11 Å². The van der Waals surface area contributed by atoms with Crippen molar-refractivity contribution in [2.24, 2.45) is 5.92 Å². The van der Waals surface area contributed by atoms with Crippen molar-refractivity contribution in [1.82, 2.24) is 0 Å². The lowest BCUT2D eigenvalue weighted by Gasteiger charge is -2.30. The van der Waals surface area contributed by atoms with Crippen molar-refractivity contribution in [3.63, 3.8) is 0 Å². The molecule has 0 saturated carbocycles. The molecule has 0 saturated heterocycles. The first-order valence-corrected chi connectivity index (χ1v) is 6.28. The Morgan fingerprint density at radius 2 is 1.90 bits per heavy atom. The zero-order valence-corrected chi connectivity index (χ0v) is 11.8. The molecule has 0 N–H and O–H groups in total. The van der Waals surface area contributed by atoms with Gasteiger partial charge in [0.15, 0.2) is 6.29 Å². The lowest BCUT2D eigenvalue weighted by atomic mass is 9.90. The van der Waals surface area contributed by atoms with Crippen LogP contribution in [0.2, 0.25) is 0 Å². The largest absolute Gasteiger partial charge is 0.497 e. The SMILES string of the molecule is COC(=O)[C@H]1C(c2ccc(OC)cc2)=CCO[C@@H]1OC. The van der Waals surface area contributed by atoms with Crippen LogP contribution in [0.4, 0.5) is 0 Å². The highest BCUT2D eigenvalue weighted by Gasteiger charge is 2.36. The number of ether oxygens (including phenoxy) is 4. The van der Waals surface area contributed by atoms with Crippen LogP contribution in [0.1, 0.15) is 5.56 Å². The van der Waals surface area contributed by atoms with Gasteiger partial charge < -0.3 is 18.9 Å². The molecular weight excluding hydrogens is 260 g/mol. The Kier molecular flexibility index (Phi) is 4.76. The molecule has 20 heavy (non-hydrogen) atoms. The highest BCUT2D eigenvalue weighted by atomic mass is 16.7. The molecule has 0 unspecified atom stereocenters. The first-order chi connectivity index (χ1) is 9.71. The average Bonchev–Trinajstić information content (AvgIpc) is 2.53. The Morgan fingerprint density at radius 3 is 2.45 bits per heavy atom. The molecule has 0 amide bonds. The number of esters is 1. The van der Waals surface area contributed by atoms with Crippen molar-refractivity contribution in [2.45, 2.75) is 6.29 Å². The summed E-state index contributed by atoms with van der Waals surface area (Å²) in [6.07, 6.45) is 1.24. The van der Waals surface area contributed by atoms with E-state index in [0.717, 1.165) is 16.9 Å². The minimum Gasteiger partial charge on any atom is -0.497 e. The first kappa shape index (κ1) is 14.6. The Morgan fingerprint density at radius 1 is 1.20 bits per heavy atom. The van der Waals surface area contributed by atoms with Gasteiger partial charge in [0.25, 0.3) is 0 Å². The molecule has 5 nitrogen and oxygen atoms in total. The van der Waals surface area contributed by atoms with Gasteiger partial charge in [-0.05, 0) is 23.3 Å². The van der Waals surface area contributed by atoms with E-state index in [-0.39, 0.29) is 5.97 Å². The lowest BCUT2D eigenvalue weighted by Crippen LogP contribution is -2.37. The second-order valence-electron chi connectivity index (χ2n) is 4.33. The number of hydrogen-bond acceptors (Lipinski definition) is 5. The van der Waals surface area contributed by atoms with Crippen LogP contribution < -0.4 is 4.74 Å². The monoisotopic (exact) mass is 278 g/mol. The summed E-state index contributed by atoms with van der Waals surface area (Å²) in [5, 5.41) is 0. The molecule has 2 atom stereocenters. The third-order valence-electron chi connectivity index (χ3n) is 3.28. The standard InChI is InChI=1S/C15H18O5/c1-17-11-6-4-10(5-7-11)12-8-9-20-15(19-3)13(12)14(16)18-2/h4-8,13,15H,9H2,1-3H3/t13-,15+/m1/s1. The molecule has 1 aromatic carbocycles. The Labute approximate surface area is 118 Å². The van der Waals surface area contributed by atoms with Crippen LogP contribution in [-0.4, -0.2) is 40.2 Å². The number of rotatable bonds is 4. The van der Waals surface area contributed by atoms with Crippen LogP contribution in [0.25, 0.3) is 5.57 Å². The van der Waals surface area contributed by atoms with E-state index >= 15 is 0 Å². The molecule has 1 aliphatic rings. The first-order valence-electron chi connectivity index (χ1n) is 6.28. The molecule has 1 heterocycles. The van der Waals surface area contributed by atoms with E-state index in [4.69, 9.17) is 18.9 Å². The highest BCUT2D eigenvalue weighted by molar-refractivity contribution is 5.89. The third-order valence-corrected chi connectivity index (χ3v) is 3.28. The Balaban J connectivity index is 2.34. The van der Waals surface area contributed by atoms with E-state index in [9.17, 15) is 4.79 Å². The second-order valence-corrected chi connectivity index (χ2v) is 4.33. The fraction of sp³-hybridized carbons (Fsp3) is 0.400. The van der Waals surface area contributed by atoms with Gasteiger partial charge in [-0.2, -0.15) is 0 Å². The molecule has 1 aromatic rings. The number of hydrogen-bond donors (Lipinski definition) is 0. The predicted octanol–water partition coefficient (Wildman–Crippen LogP) is 1.87. The van der Waals surface area contributed by atoms with E-state index < -0.39 is 12.2 Å². The lowest BCUT2D eigenvalue weighted by molar-refractivity contribution is -0.173. The maximum Gasteiger partial charge on any atom is 0.318 e. The molecule has 1 aliphatic heterocycles. The van der Waals surface area contributed by atoms with Crippen molar-refractivity contribution in [3.8, 4) is 5.75 Å². The van der Waals surface area contributed by atoms with Crippen LogP contribution >= 0.6 is 0 Å². The summed E-state index contributed by atoms with van der Waals surface area (Å²) < 4.78 is 20.7. The van der Waals surface area contributed by atoms with Crippen LogP contribution in [0.15, 0.2) is 30.3 Å². The summed E-state index contributed by atoms with van der Waals surface area (Å²) in [4.78, 5) is 12.0. The molecule has 0 fully saturated rings. The zero-order valence-electron chi connectivity index (χ0n) is 11.8. The summed E-state index contributed by atoms with van der Waals surface area (Å²) >= 11 is 0. The summed E-state index contributed by atoms with van der Waals surface area (Å²) in [6, 6.07) is 7.50. The highest BCUT2D eigenvalue weighted by Crippen LogP contribution is 2.33. The molecule has 0 aromatic heterocycles. The molecule has 0 radical (unpaired) electrons. The van der Waals surface area contributed by atoms with Crippen LogP contribution in [0, 0.1) is 5.92 Å². The minimum atomic E-state index is -0.635. The number of benzene rings is 1. The minimum absolute atomic E-state index is 0.376. The quantitative estimate of drug-likeness (QED) is 0.787.